The maximum atomic E-state index is 13.5. The number of aryl methyl sites for hydroxylation is 1. The van der Waals surface area contributed by atoms with E-state index in [0.29, 0.717) is 34.9 Å². The molecule has 0 saturated carbocycles. The van der Waals surface area contributed by atoms with Crippen LogP contribution in [-0.2, 0) is 25.5 Å². The molecular weight excluding hydrogens is 562 g/mol. The summed E-state index contributed by atoms with van der Waals surface area (Å²) in [5.41, 5.74) is 3.75. The van der Waals surface area contributed by atoms with Crippen molar-refractivity contribution >= 4 is 23.5 Å². The molecule has 0 radical (unpaired) electrons. The second-order valence-corrected chi connectivity index (χ2v) is 11.6. The first-order chi connectivity index (χ1) is 20.9. The lowest BCUT2D eigenvalue weighted by atomic mass is 9.77. The van der Waals surface area contributed by atoms with Crippen LogP contribution in [0.1, 0.15) is 135 Å². The molecule has 1 atom stereocenters. The molecule has 0 saturated heterocycles. The average molecular weight is 618 g/mol. The minimum atomic E-state index is -0.715. The molecule has 0 fully saturated rings. The van der Waals surface area contributed by atoms with Gasteiger partial charge in [-0.2, -0.15) is 0 Å². The summed E-state index contributed by atoms with van der Waals surface area (Å²) in [6, 6.07) is 5.99. The molecule has 2 rings (SSSR count). The lowest BCUT2D eigenvalue weighted by molar-refractivity contribution is -0.139. The van der Waals surface area contributed by atoms with Crippen LogP contribution in [0.25, 0.3) is 0 Å². The van der Waals surface area contributed by atoms with Crippen molar-refractivity contribution in [3.05, 3.63) is 51.9 Å². The van der Waals surface area contributed by atoms with Crippen molar-refractivity contribution in [3.8, 4) is 5.75 Å². The van der Waals surface area contributed by atoms with Gasteiger partial charge in [0, 0.05) is 17.0 Å². The molecule has 0 spiro atoms. The zero-order chi connectivity index (χ0) is 31.5. The van der Waals surface area contributed by atoms with E-state index in [1.807, 2.05) is 26.0 Å². The number of alkyl halides is 1. The molecule has 1 aliphatic heterocycles. The van der Waals surface area contributed by atoms with Crippen LogP contribution in [-0.4, -0.2) is 37.6 Å². The van der Waals surface area contributed by atoms with Gasteiger partial charge in [0.1, 0.15) is 5.75 Å². The summed E-state index contributed by atoms with van der Waals surface area (Å²) < 4.78 is 17.1. The highest BCUT2D eigenvalue weighted by Crippen LogP contribution is 2.45. The highest BCUT2D eigenvalue weighted by atomic mass is 35.5. The van der Waals surface area contributed by atoms with Crippen LogP contribution >= 0.6 is 11.6 Å². The van der Waals surface area contributed by atoms with E-state index in [4.69, 9.17) is 25.8 Å². The fraction of sp³-hybridized carbons (Fsp3) is 0.667. The monoisotopic (exact) mass is 617 g/mol. The third-order valence-corrected chi connectivity index (χ3v) is 8.33. The summed E-state index contributed by atoms with van der Waals surface area (Å²) in [4.78, 5) is 26.9. The van der Waals surface area contributed by atoms with Gasteiger partial charge in [0.25, 0.3) is 0 Å². The van der Waals surface area contributed by atoms with Crippen molar-refractivity contribution in [2.45, 2.75) is 130 Å². The first kappa shape index (κ1) is 36.7. The van der Waals surface area contributed by atoms with Crippen LogP contribution < -0.4 is 10.1 Å². The van der Waals surface area contributed by atoms with Gasteiger partial charge in [-0.25, -0.2) is 9.59 Å². The molecule has 0 amide bonds. The number of unbranched alkanes of at least 4 members (excludes halogenated alkanes) is 12. The third-order valence-electron chi connectivity index (χ3n) is 8.06. The van der Waals surface area contributed by atoms with Gasteiger partial charge in [-0.05, 0) is 52.2 Å². The molecule has 242 valence electrons. The summed E-state index contributed by atoms with van der Waals surface area (Å²) in [6.07, 6.45) is 17.6. The Kier molecular flexibility index (Phi) is 18.2. The molecule has 6 nitrogen and oxygen atoms in total. The van der Waals surface area contributed by atoms with Crippen molar-refractivity contribution in [1.29, 1.82) is 0 Å². The van der Waals surface area contributed by atoms with Gasteiger partial charge in [0.2, 0.25) is 0 Å². The lowest BCUT2D eigenvalue weighted by Crippen LogP contribution is -2.34. The van der Waals surface area contributed by atoms with Crippen molar-refractivity contribution in [3.63, 3.8) is 0 Å². The van der Waals surface area contributed by atoms with Gasteiger partial charge in [0.15, 0.2) is 0 Å². The fourth-order valence-corrected chi connectivity index (χ4v) is 6.18. The normalized spacial score (nSPS) is 15.0. The summed E-state index contributed by atoms with van der Waals surface area (Å²) in [5, 5.41) is 3.20. The van der Waals surface area contributed by atoms with Crippen molar-refractivity contribution < 1.29 is 23.8 Å². The Morgan fingerprint density at radius 1 is 0.744 bits per heavy atom. The van der Waals surface area contributed by atoms with Gasteiger partial charge >= 0.3 is 11.9 Å². The summed E-state index contributed by atoms with van der Waals surface area (Å²) in [6.45, 7) is 10.5. The predicted octanol–water partition coefficient (Wildman–Crippen LogP) is 9.30. The SMILES string of the molecule is CCCCCCCCCCCCCCCc1cccc(OCC)c1C1C(C(=O)OCC)=C(C)NC(CCl)=C1C(=O)OCC. The van der Waals surface area contributed by atoms with E-state index in [0.717, 1.165) is 30.4 Å². The molecule has 1 aromatic carbocycles. The second kappa shape index (κ2) is 21.3. The maximum Gasteiger partial charge on any atom is 0.336 e. The number of dihydropyridines is 1. The van der Waals surface area contributed by atoms with E-state index < -0.39 is 17.9 Å². The Labute approximate surface area is 266 Å². The Morgan fingerprint density at radius 2 is 1.28 bits per heavy atom. The van der Waals surface area contributed by atoms with E-state index >= 15 is 0 Å². The molecule has 0 aromatic heterocycles. The number of rotatable bonds is 22. The number of carbonyl (C=O) groups excluding carboxylic acids is 2. The smallest absolute Gasteiger partial charge is 0.336 e. The predicted molar refractivity (Wildman–Crippen MR) is 177 cm³/mol. The molecular formula is C36H56ClNO5. The Bertz CT molecular complexity index is 1060. The summed E-state index contributed by atoms with van der Waals surface area (Å²) >= 11 is 6.37. The minimum absolute atomic E-state index is 0.0725. The van der Waals surface area contributed by atoms with Crippen LogP contribution in [0.15, 0.2) is 40.7 Å². The minimum Gasteiger partial charge on any atom is -0.494 e. The first-order valence-electron chi connectivity index (χ1n) is 16.8. The van der Waals surface area contributed by atoms with Gasteiger partial charge < -0.3 is 19.5 Å². The molecule has 1 aromatic rings. The van der Waals surface area contributed by atoms with Crippen molar-refractivity contribution in [1.82, 2.24) is 5.32 Å². The molecule has 0 bridgehead atoms. The van der Waals surface area contributed by atoms with Gasteiger partial charge in [-0.1, -0.05) is 96.1 Å². The topological polar surface area (TPSA) is 73.9 Å². The van der Waals surface area contributed by atoms with E-state index in [1.54, 1.807) is 13.8 Å². The highest BCUT2D eigenvalue weighted by Gasteiger charge is 2.41. The van der Waals surface area contributed by atoms with Gasteiger partial charge in [-0.3, -0.25) is 0 Å². The van der Waals surface area contributed by atoms with Gasteiger partial charge in [0.05, 0.1) is 42.8 Å². The average Bonchev–Trinajstić information content (AvgIpc) is 2.99. The number of hydrogen-bond donors (Lipinski definition) is 1. The second-order valence-electron chi connectivity index (χ2n) is 11.3. The number of allylic oxidation sites excluding steroid dienone is 2. The molecule has 1 heterocycles. The van der Waals surface area contributed by atoms with E-state index in [1.165, 1.54) is 70.6 Å². The van der Waals surface area contributed by atoms with Crippen LogP contribution in [0.5, 0.6) is 5.75 Å². The van der Waals surface area contributed by atoms with E-state index in [-0.39, 0.29) is 19.1 Å². The highest BCUT2D eigenvalue weighted by molar-refractivity contribution is 6.20. The molecule has 43 heavy (non-hydrogen) atoms. The molecule has 1 N–H and O–H groups in total. The largest absolute Gasteiger partial charge is 0.494 e. The standard InChI is InChI=1S/C36H56ClNO5/c1-6-10-11-12-13-14-15-16-17-18-19-20-21-23-28-24-22-25-30(41-7-2)32(28)34-31(35(39)42-8-3)27(5)38-29(26-37)33(34)36(40)43-9-4/h22,24-25,34,38H,6-21,23,26H2,1-5H3. The fourth-order valence-electron chi connectivity index (χ4n) is 5.97. The van der Waals surface area contributed by atoms with Crippen LogP contribution in [0.3, 0.4) is 0 Å². The molecule has 1 unspecified atom stereocenters. The molecule has 7 heteroatoms. The number of ether oxygens (including phenoxy) is 3. The first-order valence-corrected chi connectivity index (χ1v) is 17.3. The summed E-state index contributed by atoms with van der Waals surface area (Å²) in [5.74, 6) is -0.947. The number of nitrogens with one attached hydrogen (secondary N) is 1. The zero-order valence-electron chi connectivity index (χ0n) is 27.5. The van der Waals surface area contributed by atoms with Crippen molar-refractivity contribution in [2.75, 3.05) is 25.7 Å². The third kappa shape index (κ3) is 11.5. The summed E-state index contributed by atoms with van der Waals surface area (Å²) in [7, 11) is 0. The van der Waals surface area contributed by atoms with Gasteiger partial charge in [-0.15, -0.1) is 11.6 Å². The lowest BCUT2D eigenvalue weighted by Gasteiger charge is -2.33. The number of esters is 2. The number of hydrogen-bond acceptors (Lipinski definition) is 6. The van der Waals surface area contributed by atoms with Crippen molar-refractivity contribution in [2.24, 2.45) is 0 Å². The number of benzene rings is 1. The Hall–Kier alpha value is -2.47. The van der Waals surface area contributed by atoms with Crippen LogP contribution in [0, 0.1) is 0 Å². The van der Waals surface area contributed by atoms with E-state index in [9.17, 15) is 9.59 Å². The van der Waals surface area contributed by atoms with Crippen LogP contribution in [0.4, 0.5) is 0 Å². The molecule has 0 aliphatic carbocycles. The quantitative estimate of drug-likeness (QED) is 0.0794. The van der Waals surface area contributed by atoms with E-state index in [2.05, 4.69) is 18.3 Å². The number of halogens is 1. The maximum absolute atomic E-state index is 13.5. The molecule has 1 aliphatic rings. The Morgan fingerprint density at radius 3 is 1.79 bits per heavy atom. The van der Waals surface area contributed by atoms with Crippen LogP contribution in [0.2, 0.25) is 0 Å². The Balaban J connectivity index is 2.22. The number of carbonyl (C=O) groups is 2. The zero-order valence-corrected chi connectivity index (χ0v) is 28.2.